The minimum Gasteiger partial charge on any atom is -0.868 e. The molecule has 30 heavy (non-hydrogen) atoms. The molecule has 0 aliphatic rings. The number of fused-ring (bicyclic) bond motifs is 1. The van der Waals surface area contributed by atoms with Gasteiger partial charge in [0.25, 0.3) is 17.2 Å². The number of hydrogen-bond acceptors (Lipinski definition) is 7. The van der Waals surface area contributed by atoms with Crippen LogP contribution in [0.25, 0.3) is 10.8 Å². The Balaban J connectivity index is 1.89. The van der Waals surface area contributed by atoms with E-state index in [2.05, 4.69) is 15.6 Å². The van der Waals surface area contributed by atoms with E-state index in [0.717, 1.165) is 25.0 Å². The van der Waals surface area contributed by atoms with Gasteiger partial charge in [-0.05, 0) is 18.2 Å². The maximum atomic E-state index is 12.7. The zero-order valence-electron chi connectivity index (χ0n) is 16.1. The van der Waals surface area contributed by atoms with Crippen molar-refractivity contribution in [2.24, 2.45) is 5.10 Å². The van der Waals surface area contributed by atoms with E-state index in [9.17, 15) is 24.8 Å². The van der Waals surface area contributed by atoms with Gasteiger partial charge in [-0.2, -0.15) is 10.2 Å². The van der Waals surface area contributed by atoms with Crippen LogP contribution in [0.3, 0.4) is 0 Å². The van der Waals surface area contributed by atoms with E-state index in [1.54, 1.807) is 24.3 Å². The molecule has 0 radical (unpaired) electrons. The first-order valence-electron chi connectivity index (χ1n) is 9.21. The van der Waals surface area contributed by atoms with Gasteiger partial charge in [0, 0.05) is 23.6 Å². The maximum absolute atomic E-state index is 12.7. The van der Waals surface area contributed by atoms with Gasteiger partial charge in [-0.3, -0.25) is 19.7 Å². The summed E-state index contributed by atoms with van der Waals surface area (Å²) >= 11 is 0. The molecule has 1 amide bonds. The summed E-state index contributed by atoms with van der Waals surface area (Å²) in [6, 6.07) is 10.1. The van der Waals surface area contributed by atoms with E-state index in [1.807, 2.05) is 6.92 Å². The van der Waals surface area contributed by atoms with Crippen LogP contribution in [0.4, 0.5) is 5.69 Å². The lowest BCUT2D eigenvalue weighted by molar-refractivity contribution is -0.398. The van der Waals surface area contributed by atoms with Crippen molar-refractivity contribution in [3.8, 4) is 5.75 Å². The molecular weight excluding hydrogens is 390 g/mol. The van der Waals surface area contributed by atoms with Crippen molar-refractivity contribution in [3.63, 3.8) is 0 Å². The highest BCUT2D eigenvalue weighted by atomic mass is 16.6. The van der Waals surface area contributed by atoms with Crippen LogP contribution in [-0.4, -0.2) is 26.8 Å². The van der Waals surface area contributed by atoms with Gasteiger partial charge in [-0.1, -0.05) is 43.7 Å². The van der Waals surface area contributed by atoms with Gasteiger partial charge < -0.3 is 5.11 Å². The number of nitrogens with one attached hydrogen (secondary N) is 1. The van der Waals surface area contributed by atoms with Crippen LogP contribution >= 0.6 is 0 Å². The van der Waals surface area contributed by atoms with E-state index in [4.69, 9.17) is 0 Å². The van der Waals surface area contributed by atoms with Gasteiger partial charge in [0.1, 0.15) is 0 Å². The Morgan fingerprint density at radius 3 is 2.70 bits per heavy atom. The third kappa shape index (κ3) is 4.32. The lowest BCUT2D eigenvalue weighted by atomic mass is 10.1. The Labute approximate surface area is 170 Å². The van der Waals surface area contributed by atoms with Crippen LogP contribution < -0.4 is 16.1 Å². The Bertz CT molecular complexity index is 1200. The number of unbranched alkanes of at least 4 members (excludes halogenated alkanes) is 1. The van der Waals surface area contributed by atoms with Crippen molar-refractivity contribution >= 4 is 28.6 Å². The number of rotatable bonds is 7. The van der Waals surface area contributed by atoms with Crippen molar-refractivity contribution in [1.29, 1.82) is 0 Å². The first kappa shape index (κ1) is 20.6. The van der Waals surface area contributed by atoms with E-state index in [0.29, 0.717) is 17.3 Å². The summed E-state index contributed by atoms with van der Waals surface area (Å²) in [4.78, 5) is 35.3. The van der Waals surface area contributed by atoms with Crippen LogP contribution in [0.15, 0.2) is 52.4 Å². The third-order valence-corrected chi connectivity index (χ3v) is 4.37. The third-order valence-electron chi connectivity index (χ3n) is 4.37. The molecule has 0 atom stereocenters. The maximum Gasteiger partial charge on any atom is 0.292 e. The topological polar surface area (TPSA) is 143 Å². The Morgan fingerprint density at radius 2 is 2.00 bits per heavy atom. The number of hydrazone groups is 1. The molecule has 0 saturated heterocycles. The molecule has 3 aromatic rings. The summed E-state index contributed by atoms with van der Waals surface area (Å²) in [5.74, 6) is -1.35. The summed E-state index contributed by atoms with van der Waals surface area (Å²) in [6.07, 6.45) is 2.78. The van der Waals surface area contributed by atoms with Gasteiger partial charge in [-0.15, -0.1) is 0 Å². The fourth-order valence-electron chi connectivity index (χ4n) is 2.84. The number of nitrogens with zero attached hydrogens (tertiary/aromatic N) is 4. The number of nitro groups is 1. The molecule has 0 spiro atoms. The summed E-state index contributed by atoms with van der Waals surface area (Å²) < 4.78 is 1.26. The second-order valence-corrected chi connectivity index (χ2v) is 6.46. The molecule has 0 bridgehead atoms. The minimum atomic E-state index is -0.784. The van der Waals surface area contributed by atoms with Crippen molar-refractivity contribution in [2.75, 3.05) is 0 Å². The molecular formula is C20H18N5O5-. The van der Waals surface area contributed by atoms with E-state index >= 15 is 0 Å². The largest absolute Gasteiger partial charge is 0.868 e. The van der Waals surface area contributed by atoms with Gasteiger partial charge in [0.2, 0.25) is 0 Å². The van der Waals surface area contributed by atoms with Gasteiger partial charge >= 0.3 is 0 Å². The molecule has 1 aromatic heterocycles. The fraction of sp³-hybridized carbons (Fsp3) is 0.200. The monoisotopic (exact) mass is 408 g/mol. The molecule has 154 valence electrons. The molecule has 0 saturated carbocycles. The van der Waals surface area contributed by atoms with Crippen LogP contribution in [-0.2, 0) is 6.54 Å². The van der Waals surface area contributed by atoms with E-state index in [1.165, 1.54) is 17.0 Å². The Hall–Kier alpha value is -4.08. The molecule has 0 aliphatic heterocycles. The number of aromatic nitrogens is 2. The number of benzene rings is 2. The van der Waals surface area contributed by atoms with Gasteiger partial charge in [0.15, 0.2) is 5.69 Å². The van der Waals surface area contributed by atoms with Crippen LogP contribution in [0.2, 0.25) is 0 Å². The van der Waals surface area contributed by atoms with Crippen molar-refractivity contribution in [2.45, 2.75) is 26.3 Å². The molecule has 0 fully saturated rings. The minimum absolute atomic E-state index is 0.0411. The smallest absolute Gasteiger partial charge is 0.292 e. The van der Waals surface area contributed by atoms with Crippen molar-refractivity contribution < 1.29 is 14.8 Å². The Kier molecular flexibility index (Phi) is 6.16. The second kappa shape index (κ2) is 8.95. The van der Waals surface area contributed by atoms with Gasteiger partial charge in [-0.25, -0.2) is 10.1 Å². The zero-order valence-corrected chi connectivity index (χ0v) is 16.1. The molecule has 0 aliphatic carbocycles. The predicted octanol–water partition coefficient (Wildman–Crippen LogP) is 1.94. The first-order valence-corrected chi connectivity index (χ1v) is 9.21. The van der Waals surface area contributed by atoms with Crippen LogP contribution in [0.1, 0.15) is 35.8 Å². The highest BCUT2D eigenvalue weighted by Gasteiger charge is 2.16. The molecule has 10 heteroatoms. The lowest BCUT2D eigenvalue weighted by Crippen LogP contribution is -2.29. The van der Waals surface area contributed by atoms with Crippen LogP contribution in [0.5, 0.6) is 5.75 Å². The summed E-state index contributed by atoms with van der Waals surface area (Å²) in [5.41, 5.74) is 1.77. The molecule has 10 nitrogen and oxygen atoms in total. The van der Waals surface area contributed by atoms with E-state index < -0.39 is 22.3 Å². The number of hydrogen-bond donors (Lipinski definition) is 1. The summed E-state index contributed by atoms with van der Waals surface area (Å²) in [7, 11) is 0. The SMILES string of the molecule is CCCCn1nc(C(=O)N/N=C\c2ccc([O-])c([N+](=O)[O-])c2)c2ccccc2c1=O. The Morgan fingerprint density at radius 1 is 1.27 bits per heavy atom. The first-order chi connectivity index (χ1) is 14.4. The van der Waals surface area contributed by atoms with E-state index in [-0.39, 0.29) is 16.8 Å². The molecule has 3 rings (SSSR count). The zero-order chi connectivity index (χ0) is 21.7. The van der Waals surface area contributed by atoms with Crippen molar-refractivity contribution in [3.05, 3.63) is 74.2 Å². The average Bonchev–Trinajstić information content (AvgIpc) is 2.74. The number of amides is 1. The van der Waals surface area contributed by atoms with Crippen molar-refractivity contribution in [1.82, 2.24) is 15.2 Å². The number of carbonyl (C=O) groups excluding carboxylic acids is 1. The average molecular weight is 408 g/mol. The normalized spacial score (nSPS) is 11.1. The summed E-state index contributed by atoms with van der Waals surface area (Å²) in [6.45, 7) is 2.37. The quantitative estimate of drug-likeness (QED) is 0.360. The standard InChI is InChI=1S/C20H19N5O5/c1-2-3-10-24-20(28)15-7-5-4-6-14(15)18(23-24)19(27)22-21-12-13-8-9-17(26)16(11-13)25(29)30/h4-9,11-12,26H,2-3,10H2,1H3,(H,22,27)/p-1/b21-12-. The highest BCUT2D eigenvalue weighted by molar-refractivity contribution is 6.05. The number of carbonyl (C=O) groups is 1. The van der Waals surface area contributed by atoms with Gasteiger partial charge in [0.05, 0.1) is 16.5 Å². The lowest BCUT2D eigenvalue weighted by Gasteiger charge is -2.09. The molecule has 2 aromatic carbocycles. The number of aryl methyl sites for hydroxylation is 1. The fourth-order valence-corrected chi connectivity index (χ4v) is 2.84. The van der Waals surface area contributed by atoms with Crippen LogP contribution in [0, 0.1) is 10.1 Å². The molecule has 0 unspecified atom stereocenters. The number of nitro benzene ring substituents is 1. The second-order valence-electron chi connectivity index (χ2n) is 6.46. The molecule has 1 N–H and O–H groups in total. The summed E-state index contributed by atoms with van der Waals surface area (Å²) in [5, 5.41) is 31.1. The predicted molar refractivity (Wildman–Crippen MR) is 109 cm³/mol. The molecule has 1 heterocycles. The highest BCUT2D eigenvalue weighted by Crippen LogP contribution is 2.22.